The molecule has 1 unspecified atom stereocenters. The van der Waals surface area contributed by atoms with Gasteiger partial charge in [-0.2, -0.15) is 0 Å². The van der Waals surface area contributed by atoms with E-state index in [2.05, 4.69) is 35.8 Å². The summed E-state index contributed by atoms with van der Waals surface area (Å²) < 4.78 is 27.2. The Morgan fingerprint density at radius 2 is 1.76 bits per heavy atom. The highest BCUT2D eigenvalue weighted by Crippen LogP contribution is 2.14. The minimum atomic E-state index is -3.49. The van der Waals surface area contributed by atoms with Gasteiger partial charge in [0.1, 0.15) is 10.7 Å². The molecular weight excluding hydrogens is 286 g/mol. The van der Waals surface area contributed by atoms with Crippen molar-refractivity contribution in [3.05, 3.63) is 18.3 Å². The topological polar surface area (TPSA) is 71.1 Å². The molecule has 1 rings (SSSR count). The molecule has 0 fully saturated rings. The van der Waals surface area contributed by atoms with Crippen molar-refractivity contribution in [2.75, 3.05) is 5.32 Å². The van der Waals surface area contributed by atoms with Crippen LogP contribution in [0.4, 0.5) is 5.82 Å². The maximum Gasteiger partial charge on any atom is 0.242 e. The van der Waals surface area contributed by atoms with Crippen molar-refractivity contribution < 1.29 is 8.42 Å². The monoisotopic (exact) mass is 313 g/mol. The number of aromatic nitrogens is 1. The Kier molecular flexibility index (Phi) is 6.61. The van der Waals surface area contributed by atoms with E-state index in [9.17, 15) is 8.42 Å². The molecular formula is C15H27N3O2S. The predicted molar refractivity (Wildman–Crippen MR) is 86.9 cm³/mol. The van der Waals surface area contributed by atoms with Crippen LogP contribution in [0.15, 0.2) is 23.2 Å². The molecule has 0 aliphatic carbocycles. The molecule has 21 heavy (non-hydrogen) atoms. The highest BCUT2D eigenvalue weighted by Gasteiger charge is 2.18. The van der Waals surface area contributed by atoms with Gasteiger partial charge < -0.3 is 5.32 Å². The van der Waals surface area contributed by atoms with Crippen LogP contribution in [0.3, 0.4) is 0 Å². The number of sulfonamides is 1. The van der Waals surface area contributed by atoms with E-state index < -0.39 is 10.0 Å². The van der Waals surface area contributed by atoms with Crippen molar-refractivity contribution in [2.45, 2.75) is 64.4 Å². The maximum atomic E-state index is 12.2. The van der Waals surface area contributed by atoms with Gasteiger partial charge >= 0.3 is 0 Å². The van der Waals surface area contributed by atoms with Gasteiger partial charge in [-0.25, -0.2) is 18.1 Å². The Morgan fingerprint density at radius 1 is 1.14 bits per heavy atom. The molecule has 1 aromatic heterocycles. The van der Waals surface area contributed by atoms with Crippen molar-refractivity contribution in [1.82, 2.24) is 9.71 Å². The van der Waals surface area contributed by atoms with Gasteiger partial charge in [-0.05, 0) is 37.8 Å². The zero-order chi connectivity index (χ0) is 16.0. The lowest BCUT2D eigenvalue weighted by Crippen LogP contribution is -2.33. The van der Waals surface area contributed by atoms with E-state index in [4.69, 9.17) is 0 Å². The zero-order valence-electron chi connectivity index (χ0n) is 13.6. The van der Waals surface area contributed by atoms with Crippen LogP contribution < -0.4 is 10.0 Å². The molecule has 1 heterocycles. The first-order valence-electron chi connectivity index (χ1n) is 7.55. The molecule has 0 saturated carbocycles. The number of hydrogen-bond donors (Lipinski definition) is 2. The Hall–Kier alpha value is -1.14. The average molecular weight is 313 g/mol. The van der Waals surface area contributed by atoms with E-state index in [-0.39, 0.29) is 17.0 Å². The standard InChI is InChI=1S/C15H27N3O2S/c1-6-13(7-2)18-21(19,20)14-8-9-15(16-10-14)17-12(5)11(3)4/h8-13,18H,6-7H2,1-5H3,(H,16,17). The number of rotatable bonds is 8. The second-order valence-corrected chi connectivity index (χ2v) is 7.40. The SMILES string of the molecule is CCC(CC)NS(=O)(=O)c1ccc(NC(C)C(C)C)nc1. The first kappa shape index (κ1) is 17.9. The van der Waals surface area contributed by atoms with E-state index in [1.807, 2.05) is 13.8 Å². The molecule has 6 heteroatoms. The van der Waals surface area contributed by atoms with Gasteiger partial charge in [-0.1, -0.05) is 27.7 Å². The number of nitrogens with one attached hydrogen (secondary N) is 2. The summed E-state index contributed by atoms with van der Waals surface area (Å²) in [5.74, 6) is 1.17. The number of nitrogens with zero attached hydrogens (tertiary/aromatic N) is 1. The number of pyridine rings is 1. The number of hydrogen-bond acceptors (Lipinski definition) is 4. The molecule has 0 aliphatic heterocycles. The lowest BCUT2D eigenvalue weighted by molar-refractivity contribution is 0.530. The first-order chi connectivity index (χ1) is 9.80. The molecule has 0 bridgehead atoms. The van der Waals surface area contributed by atoms with E-state index in [1.54, 1.807) is 12.1 Å². The van der Waals surface area contributed by atoms with Gasteiger partial charge in [0, 0.05) is 18.3 Å². The molecule has 0 amide bonds. The third-order valence-electron chi connectivity index (χ3n) is 3.73. The normalized spacial score (nSPS) is 13.7. The van der Waals surface area contributed by atoms with E-state index in [0.717, 1.165) is 12.8 Å². The summed E-state index contributed by atoms with van der Waals surface area (Å²) in [6.07, 6.45) is 2.95. The lowest BCUT2D eigenvalue weighted by Gasteiger charge is -2.18. The third kappa shape index (κ3) is 5.28. The highest BCUT2D eigenvalue weighted by molar-refractivity contribution is 7.89. The maximum absolute atomic E-state index is 12.2. The molecule has 1 aromatic rings. The summed E-state index contributed by atoms with van der Waals surface area (Å²) in [6, 6.07) is 3.55. The summed E-state index contributed by atoms with van der Waals surface area (Å²) in [7, 11) is -3.49. The van der Waals surface area contributed by atoms with Gasteiger partial charge in [0.05, 0.1) is 0 Å². The molecule has 0 aliphatic rings. The fraction of sp³-hybridized carbons (Fsp3) is 0.667. The van der Waals surface area contributed by atoms with Gasteiger partial charge in [0.25, 0.3) is 0 Å². The minimum absolute atomic E-state index is 0.0336. The zero-order valence-corrected chi connectivity index (χ0v) is 14.4. The first-order valence-corrected chi connectivity index (χ1v) is 9.03. The van der Waals surface area contributed by atoms with Crippen LogP contribution >= 0.6 is 0 Å². The Bertz CT molecular complexity index is 522. The van der Waals surface area contributed by atoms with Crippen molar-refractivity contribution >= 4 is 15.8 Å². The molecule has 5 nitrogen and oxygen atoms in total. The van der Waals surface area contributed by atoms with E-state index >= 15 is 0 Å². The van der Waals surface area contributed by atoms with Crippen LogP contribution in [0.25, 0.3) is 0 Å². The van der Waals surface area contributed by atoms with Crippen molar-refractivity contribution in [3.8, 4) is 0 Å². The van der Waals surface area contributed by atoms with E-state index in [1.165, 1.54) is 6.20 Å². The van der Waals surface area contributed by atoms with Crippen LogP contribution in [0.2, 0.25) is 0 Å². The van der Waals surface area contributed by atoms with Crippen molar-refractivity contribution in [1.29, 1.82) is 0 Å². The molecule has 1 atom stereocenters. The molecule has 0 radical (unpaired) electrons. The minimum Gasteiger partial charge on any atom is -0.367 e. The largest absolute Gasteiger partial charge is 0.367 e. The summed E-state index contributed by atoms with van der Waals surface area (Å²) in [6.45, 7) is 10.3. The second kappa shape index (κ2) is 7.75. The average Bonchev–Trinajstić information content (AvgIpc) is 2.45. The van der Waals surface area contributed by atoms with Crippen LogP contribution in [0.1, 0.15) is 47.5 Å². The van der Waals surface area contributed by atoms with Crippen LogP contribution in [0, 0.1) is 5.92 Å². The highest BCUT2D eigenvalue weighted by atomic mass is 32.2. The van der Waals surface area contributed by atoms with Gasteiger partial charge in [0.15, 0.2) is 0 Å². The summed E-state index contributed by atoms with van der Waals surface area (Å²) in [5.41, 5.74) is 0. The summed E-state index contributed by atoms with van der Waals surface area (Å²) in [5, 5.41) is 3.26. The van der Waals surface area contributed by atoms with Crippen molar-refractivity contribution in [2.24, 2.45) is 5.92 Å². The summed E-state index contributed by atoms with van der Waals surface area (Å²) in [4.78, 5) is 4.40. The fourth-order valence-electron chi connectivity index (χ4n) is 1.77. The fourth-order valence-corrected chi connectivity index (χ4v) is 3.11. The number of anilines is 1. The van der Waals surface area contributed by atoms with Crippen LogP contribution in [-0.2, 0) is 10.0 Å². The molecule has 0 saturated heterocycles. The van der Waals surface area contributed by atoms with Crippen LogP contribution in [-0.4, -0.2) is 25.5 Å². The second-order valence-electron chi connectivity index (χ2n) is 5.69. The molecule has 2 N–H and O–H groups in total. The Morgan fingerprint density at radius 3 is 2.19 bits per heavy atom. The molecule has 0 aromatic carbocycles. The molecule has 120 valence electrons. The smallest absolute Gasteiger partial charge is 0.242 e. The predicted octanol–water partition coefficient (Wildman–Crippen LogP) is 3.00. The Balaban J connectivity index is 2.81. The summed E-state index contributed by atoms with van der Waals surface area (Å²) >= 11 is 0. The lowest BCUT2D eigenvalue weighted by atomic mass is 10.1. The van der Waals surface area contributed by atoms with Gasteiger partial charge in [-0.15, -0.1) is 0 Å². The van der Waals surface area contributed by atoms with Crippen LogP contribution in [0.5, 0.6) is 0 Å². The van der Waals surface area contributed by atoms with Crippen molar-refractivity contribution in [3.63, 3.8) is 0 Å². The molecule has 0 spiro atoms. The third-order valence-corrected chi connectivity index (χ3v) is 5.24. The Labute approximate surface area is 128 Å². The van der Waals surface area contributed by atoms with E-state index in [0.29, 0.717) is 11.7 Å². The van der Waals surface area contributed by atoms with Gasteiger partial charge in [-0.3, -0.25) is 0 Å². The quantitative estimate of drug-likeness (QED) is 0.774. The van der Waals surface area contributed by atoms with Gasteiger partial charge in [0.2, 0.25) is 10.0 Å².